The lowest BCUT2D eigenvalue weighted by atomic mass is 10.3. The molecule has 0 fully saturated rings. The molecule has 0 unspecified atom stereocenters. The molecule has 3 rings (SSSR count). The monoisotopic (exact) mass is 345 g/mol. The van der Waals surface area contributed by atoms with Crippen LogP contribution in [0.1, 0.15) is 6.92 Å². The highest BCUT2D eigenvalue weighted by atomic mass is 35.5. The average molecular weight is 346 g/mol. The van der Waals surface area contributed by atoms with E-state index in [1.165, 1.54) is 0 Å². The highest BCUT2D eigenvalue weighted by molar-refractivity contribution is 8.15. The predicted octanol–water partition coefficient (Wildman–Crippen LogP) is 4.87. The van der Waals surface area contributed by atoms with Crippen LogP contribution in [0.2, 0.25) is 5.02 Å². The van der Waals surface area contributed by atoms with Crippen molar-refractivity contribution >= 4 is 45.9 Å². The van der Waals surface area contributed by atoms with Gasteiger partial charge in [-0.25, -0.2) is 9.69 Å². The zero-order valence-electron chi connectivity index (χ0n) is 12.6. The van der Waals surface area contributed by atoms with Crippen molar-refractivity contribution in [2.45, 2.75) is 12.2 Å². The molecule has 1 heterocycles. The van der Waals surface area contributed by atoms with Gasteiger partial charge in [0.25, 0.3) is 0 Å². The van der Waals surface area contributed by atoms with E-state index >= 15 is 0 Å². The molecule has 0 bridgehead atoms. The number of benzene rings is 2. The van der Waals surface area contributed by atoms with Gasteiger partial charge in [0.05, 0.1) is 12.2 Å². The Morgan fingerprint density at radius 2 is 1.91 bits per heavy atom. The number of anilines is 2. The molecule has 0 saturated carbocycles. The van der Waals surface area contributed by atoms with Crippen LogP contribution in [-0.4, -0.2) is 23.0 Å². The number of nitrogens with zero attached hydrogens (tertiary/aromatic N) is 2. The minimum absolute atomic E-state index is 0.237. The van der Waals surface area contributed by atoms with E-state index in [-0.39, 0.29) is 6.03 Å². The van der Waals surface area contributed by atoms with Crippen molar-refractivity contribution in [3.05, 3.63) is 59.6 Å². The Morgan fingerprint density at radius 1 is 1.22 bits per heavy atom. The van der Waals surface area contributed by atoms with E-state index in [9.17, 15) is 4.79 Å². The SMILES string of the molecule is C[C@H]1CN=C(N(C(=O)Nc2ccccc2)c2ccc(Cl)cc2)S1. The van der Waals surface area contributed by atoms with Gasteiger partial charge in [-0.05, 0) is 36.4 Å². The topological polar surface area (TPSA) is 44.7 Å². The number of thioether (sulfide) groups is 1. The number of urea groups is 1. The first-order chi connectivity index (χ1) is 11.1. The predicted molar refractivity (Wildman–Crippen MR) is 98.7 cm³/mol. The van der Waals surface area contributed by atoms with E-state index in [1.54, 1.807) is 28.8 Å². The lowest BCUT2D eigenvalue weighted by molar-refractivity contribution is 0.259. The number of carbonyl (C=O) groups is 1. The lowest BCUT2D eigenvalue weighted by Crippen LogP contribution is -2.38. The molecule has 1 N–H and O–H groups in total. The van der Waals surface area contributed by atoms with E-state index < -0.39 is 0 Å². The van der Waals surface area contributed by atoms with Crippen molar-refractivity contribution in [2.75, 3.05) is 16.8 Å². The molecule has 6 heteroatoms. The number of rotatable bonds is 2. The number of aliphatic imine (C=N–C) groups is 1. The minimum atomic E-state index is -0.237. The van der Waals surface area contributed by atoms with Gasteiger partial charge in [0.2, 0.25) is 0 Å². The summed E-state index contributed by atoms with van der Waals surface area (Å²) in [6.45, 7) is 2.80. The lowest BCUT2D eigenvalue weighted by Gasteiger charge is -2.23. The largest absolute Gasteiger partial charge is 0.332 e. The number of nitrogens with one attached hydrogen (secondary N) is 1. The smallest absolute Gasteiger partial charge is 0.307 e. The summed E-state index contributed by atoms with van der Waals surface area (Å²) in [6.07, 6.45) is 0. The van der Waals surface area contributed by atoms with Crippen molar-refractivity contribution in [3.8, 4) is 0 Å². The van der Waals surface area contributed by atoms with Gasteiger partial charge in [-0.3, -0.25) is 4.99 Å². The average Bonchev–Trinajstić information content (AvgIpc) is 2.96. The van der Waals surface area contributed by atoms with Crippen LogP contribution in [0, 0.1) is 0 Å². The van der Waals surface area contributed by atoms with Crippen molar-refractivity contribution in [1.82, 2.24) is 0 Å². The summed E-state index contributed by atoms with van der Waals surface area (Å²) in [5, 5.41) is 4.60. The van der Waals surface area contributed by atoms with Crippen LogP contribution in [0.15, 0.2) is 59.6 Å². The van der Waals surface area contributed by atoms with Crippen LogP contribution in [0.5, 0.6) is 0 Å². The van der Waals surface area contributed by atoms with Crippen LogP contribution in [0.3, 0.4) is 0 Å². The number of hydrogen-bond acceptors (Lipinski definition) is 3. The molecule has 23 heavy (non-hydrogen) atoms. The maximum absolute atomic E-state index is 12.8. The Kier molecular flexibility index (Phi) is 4.88. The van der Waals surface area contributed by atoms with E-state index in [2.05, 4.69) is 17.2 Å². The third-order valence-electron chi connectivity index (χ3n) is 3.29. The number of amidine groups is 1. The molecule has 0 saturated heterocycles. The molecule has 0 spiro atoms. The van der Waals surface area contributed by atoms with Crippen molar-refractivity contribution < 1.29 is 4.79 Å². The number of carbonyl (C=O) groups excluding carboxylic acids is 1. The summed E-state index contributed by atoms with van der Waals surface area (Å²) in [6, 6.07) is 16.3. The maximum Gasteiger partial charge on any atom is 0.332 e. The van der Waals surface area contributed by atoms with Crippen LogP contribution < -0.4 is 10.2 Å². The van der Waals surface area contributed by atoms with Gasteiger partial charge in [-0.1, -0.05) is 48.5 Å². The minimum Gasteiger partial charge on any atom is -0.307 e. The first-order valence-electron chi connectivity index (χ1n) is 7.26. The summed E-state index contributed by atoms with van der Waals surface area (Å²) in [7, 11) is 0. The molecule has 1 atom stereocenters. The van der Waals surface area contributed by atoms with E-state index in [0.717, 1.165) is 11.4 Å². The van der Waals surface area contributed by atoms with Gasteiger partial charge < -0.3 is 5.32 Å². The first kappa shape index (κ1) is 15.9. The zero-order valence-corrected chi connectivity index (χ0v) is 14.1. The molecule has 2 aromatic carbocycles. The summed E-state index contributed by atoms with van der Waals surface area (Å²) >= 11 is 7.55. The fraction of sp³-hybridized carbons (Fsp3) is 0.176. The highest BCUT2D eigenvalue weighted by Gasteiger charge is 2.27. The molecular formula is C17H16ClN3OS. The van der Waals surface area contributed by atoms with Gasteiger partial charge in [-0.15, -0.1) is 0 Å². The van der Waals surface area contributed by atoms with Crippen molar-refractivity contribution in [3.63, 3.8) is 0 Å². The summed E-state index contributed by atoms with van der Waals surface area (Å²) in [5.41, 5.74) is 1.48. The van der Waals surface area contributed by atoms with Crippen LogP contribution in [0.25, 0.3) is 0 Å². The van der Waals surface area contributed by atoms with E-state index in [4.69, 9.17) is 11.6 Å². The standard InChI is InChI=1S/C17H16ClN3OS/c1-12-11-19-17(23-12)21(15-9-7-13(18)8-10-15)16(22)20-14-5-3-2-4-6-14/h2-10,12H,11H2,1H3,(H,20,22)/t12-/m0/s1. The van der Waals surface area contributed by atoms with Gasteiger partial charge in [0.1, 0.15) is 0 Å². The molecule has 1 aliphatic rings. The molecule has 0 aromatic heterocycles. The van der Waals surface area contributed by atoms with E-state index in [1.807, 2.05) is 42.5 Å². The van der Waals surface area contributed by atoms with Gasteiger partial charge in [0, 0.05) is 16.0 Å². The quantitative estimate of drug-likeness (QED) is 0.843. The number of amides is 2. The Balaban J connectivity index is 1.88. The number of hydrogen-bond donors (Lipinski definition) is 1. The van der Waals surface area contributed by atoms with Crippen LogP contribution in [0.4, 0.5) is 16.2 Å². The number of para-hydroxylation sites is 1. The molecule has 2 aromatic rings. The maximum atomic E-state index is 12.8. The summed E-state index contributed by atoms with van der Waals surface area (Å²) in [5.74, 6) is 0. The second-order valence-corrected chi connectivity index (χ2v) is 7.00. The molecule has 2 amide bonds. The second-order valence-electron chi connectivity index (χ2n) is 5.16. The van der Waals surface area contributed by atoms with Crippen molar-refractivity contribution in [2.24, 2.45) is 4.99 Å². The second kappa shape index (κ2) is 7.06. The molecule has 1 aliphatic heterocycles. The summed E-state index contributed by atoms with van der Waals surface area (Å²) in [4.78, 5) is 18.9. The Morgan fingerprint density at radius 3 is 2.52 bits per heavy atom. The Bertz CT molecular complexity index is 718. The zero-order chi connectivity index (χ0) is 16.2. The molecular weight excluding hydrogens is 330 g/mol. The molecule has 118 valence electrons. The molecule has 0 radical (unpaired) electrons. The van der Waals surface area contributed by atoms with Crippen LogP contribution >= 0.6 is 23.4 Å². The molecule has 4 nitrogen and oxygen atoms in total. The highest BCUT2D eigenvalue weighted by Crippen LogP contribution is 2.28. The Hall–Kier alpha value is -1.98. The van der Waals surface area contributed by atoms with Gasteiger partial charge >= 0.3 is 6.03 Å². The number of halogens is 1. The summed E-state index contributed by atoms with van der Waals surface area (Å²) < 4.78 is 0. The van der Waals surface area contributed by atoms with Gasteiger partial charge in [0.15, 0.2) is 5.17 Å². The Labute approximate surface area is 144 Å². The fourth-order valence-electron chi connectivity index (χ4n) is 2.19. The van der Waals surface area contributed by atoms with E-state index in [0.29, 0.717) is 22.0 Å². The third-order valence-corrected chi connectivity index (χ3v) is 4.62. The molecule has 0 aliphatic carbocycles. The first-order valence-corrected chi connectivity index (χ1v) is 8.52. The normalized spacial score (nSPS) is 16.8. The fourth-order valence-corrected chi connectivity index (χ4v) is 3.27. The van der Waals surface area contributed by atoms with Crippen molar-refractivity contribution in [1.29, 1.82) is 0 Å². The van der Waals surface area contributed by atoms with Crippen LogP contribution in [-0.2, 0) is 0 Å². The third kappa shape index (κ3) is 3.86. The van der Waals surface area contributed by atoms with Gasteiger partial charge in [-0.2, -0.15) is 0 Å².